The average molecular weight is 296 g/mol. The standard InChI is InChI=1S/C17H29FN2O/c1-11(2)15(14-8-7-13(18)9-19-14)20-10-17(5,6)16(21)12(3)4/h7-9,11-12,15-16,20-21H,10H2,1-6H3. The summed E-state index contributed by atoms with van der Waals surface area (Å²) in [6.45, 7) is 13.0. The van der Waals surface area contributed by atoms with Gasteiger partial charge in [-0.15, -0.1) is 0 Å². The third kappa shape index (κ3) is 5.04. The molecule has 0 aromatic carbocycles. The Morgan fingerprint density at radius 1 is 1.19 bits per heavy atom. The van der Waals surface area contributed by atoms with Gasteiger partial charge >= 0.3 is 0 Å². The van der Waals surface area contributed by atoms with Crippen LogP contribution in [0, 0.1) is 23.1 Å². The molecule has 1 aromatic heterocycles. The Morgan fingerprint density at radius 2 is 1.81 bits per heavy atom. The third-order valence-corrected chi connectivity index (χ3v) is 3.95. The van der Waals surface area contributed by atoms with Crippen molar-refractivity contribution in [1.82, 2.24) is 10.3 Å². The molecule has 2 atom stereocenters. The fourth-order valence-corrected chi connectivity index (χ4v) is 2.63. The number of aliphatic hydroxyl groups excluding tert-OH is 1. The van der Waals surface area contributed by atoms with Gasteiger partial charge in [-0.1, -0.05) is 41.5 Å². The maximum atomic E-state index is 13.0. The Morgan fingerprint density at radius 3 is 2.24 bits per heavy atom. The van der Waals surface area contributed by atoms with Crippen molar-refractivity contribution in [2.45, 2.75) is 53.7 Å². The first-order valence-corrected chi connectivity index (χ1v) is 7.68. The number of hydrogen-bond donors (Lipinski definition) is 2. The molecule has 2 N–H and O–H groups in total. The molecular weight excluding hydrogens is 267 g/mol. The molecule has 0 radical (unpaired) electrons. The first-order valence-electron chi connectivity index (χ1n) is 7.68. The highest BCUT2D eigenvalue weighted by Gasteiger charge is 2.31. The number of pyridine rings is 1. The molecule has 0 aliphatic rings. The van der Waals surface area contributed by atoms with Gasteiger partial charge in [-0.3, -0.25) is 4.98 Å². The maximum Gasteiger partial charge on any atom is 0.141 e. The van der Waals surface area contributed by atoms with E-state index in [1.165, 1.54) is 12.3 Å². The molecule has 0 bridgehead atoms. The van der Waals surface area contributed by atoms with Crippen LogP contribution in [-0.2, 0) is 0 Å². The van der Waals surface area contributed by atoms with E-state index < -0.39 is 0 Å². The van der Waals surface area contributed by atoms with Gasteiger partial charge in [0.05, 0.1) is 24.0 Å². The van der Waals surface area contributed by atoms with Crippen LogP contribution in [-0.4, -0.2) is 22.7 Å². The lowest BCUT2D eigenvalue weighted by molar-refractivity contribution is 0.0111. The zero-order chi connectivity index (χ0) is 16.2. The summed E-state index contributed by atoms with van der Waals surface area (Å²) in [5, 5.41) is 13.8. The molecule has 0 fully saturated rings. The van der Waals surface area contributed by atoms with E-state index in [0.717, 1.165) is 5.69 Å². The van der Waals surface area contributed by atoms with Crippen molar-refractivity contribution in [3.63, 3.8) is 0 Å². The Bertz CT molecular complexity index is 429. The van der Waals surface area contributed by atoms with Gasteiger partial charge in [0.15, 0.2) is 0 Å². The lowest BCUT2D eigenvalue weighted by atomic mass is 9.80. The predicted octanol–water partition coefficient (Wildman–Crippen LogP) is 3.55. The van der Waals surface area contributed by atoms with Gasteiger partial charge in [0, 0.05) is 12.0 Å². The van der Waals surface area contributed by atoms with Crippen LogP contribution in [0.25, 0.3) is 0 Å². The van der Waals surface area contributed by atoms with E-state index in [9.17, 15) is 9.50 Å². The lowest BCUT2D eigenvalue weighted by Gasteiger charge is -2.35. The SMILES string of the molecule is CC(C)C(NCC(C)(C)C(O)C(C)C)c1ccc(F)cn1. The van der Waals surface area contributed by atoms with Crippen molar-refractivity contribution in [1.29, 1.82) is 0 Å². The van der Waals surface area contributed by atoms with Gasteiger partial charge in [0.2, 0.25) is 0 Å². The minimum absolute atomic E-state index is 0.0456. The molecule has 0 spiro atoms. The Balaban J connectivity index is 2.78. The van der Waals surface area contributed by atoms with Crippen molar-refractivity contribution in [2.75, 3.05) is 6.54 Å². The van der Waals surface area contributed by atoms with Crippen LogP contribution >= 0.6 is 0 Å². The summed E-state index contributed by atoms with van der Waals surface area (Å²) in [7, 11) is 0. The molecule has 21 heavy (non-hydrogen) atoms. The number of rotatable bonds is 7. The number of nitrogens with one attached hydrogen (secondary N) is 1. The summed E-state index contributed by atoms with van der Waals surface area (Å²) < 4.78 is 13.0. The van der Waals surface area contributed by atoms with Crippen LogP contribution in [0.15, 0.2) is 18.3 Å². The van der Waals surface area contributed by atoms with Gasteiger partial charge < -0.3 is 10.4 Å². The van der Waals surface area contributed by atoms with Crippen molar-refractivity contribution in [3.8, 4) is 0 Å². The molecular formula is C17H29FN2O. The molecule has 0 saturated heterocycles. The second-order valence-corrected chi connectivity index (χ2v) is 7.18. The summed E-state index contributed by atoms with van der Waals surface area (Å²) in [4.78, 5) is 4.18. The summed E-state index contributed by atoms with van der Waals surface area (Å²) >= 11 is 0. The van der Waals surface area contributed by atoms with Crippen LogP contribution < -0.4 is 5.32 Å². The Kier molecular flexibility index (Phi) is 6.29. The summed E-state index contributed by atoms with van der Waals surface area (Å²) in [5.74, 6) is 0.218. The molecule has 0 aliphatic heterocycles. The van der Waals surface area contributed by atoms with Crippen LogP contribution in [0.3, 0.4) is 0 Å². The van der Waals surface area contributed by atoms with Crippen molar-refractivity contribution >= 4 is 0 Å². The second kappa shape index (κ2) is 7.32. The summed E-state index contributed by atoms with van der Waals surface area (Å²) in [6.07, 6.45) is 0.875. The normalized spacial score (nSPS) is 15.5. The number of aromatic nitrogens is 1. The zero-order valence-electron chi connectivity index (χ0n) is 14.0. The van der Waals surface area contributed by atoms with Crippen molar-refractivity contribution in [3.05, 3.63) is 29.8 Å². The Labute approximate surface area is 128 Å². The zero-order valence-corrected chi connectivity index (χ0v) is 14.0. The van der Waals surface area contributed by atoms with E-state index in [1.807, 2.05) is 13.8 Å². The molecule has 0 amide bonds. The van der Waals surface area contributed by atoms with Gasteiger partial charge in [-0.25, -0.2) is 4.39 Å². The topological polar surface area (TPSA) is 45.1 Å². The highest BCUT2D eigenvalue weighted by molar-refractivity contribution is 5.10. The van der Waals surface area contributed by atoms with E-state index in [4.69, 9.17) is 0 Å². The smallest absolute Gasteiger partial charge is 0.141 e. The lowest BCUT2D eigenvalue weighted by Crippen LogP contribution is -2.43. The first-order chi connectivity index (χ1) is 9.65. The quantitative estimate of drug-likeness (QED) is 0.809. The van der Waals surface area contributed by atoms with E-state index >= 15 is 0 Å². The highest BCUT2D eigenvalue weighted by atomic mass is 19.1. The van der Waals surface area contributed by atoms with Gasteiger partial charge in [0.1, 0.15) is 5.82 Å². The average Bonchev–Trinajstić information content (AvgIpc) is 2.39. The number of halogens is 1. The minimum Gasteiger partial charge on any atom is -0.392 e. The molecule has 3 nitrogen and oxygen atoms in total. The van der Waals surface area contributed by atoms with E-state index in [-0.39, 0.29) is 29.3 Å². The number of aliphatic hydroxyl groups is 1. The molecule has 4 heteroatoms. The summed E-state index contributed by atoms with van der Waals surface area (Å²) in [5.41, 5.74) is 0.600. The highest BCUT2D eigenvalue weighted by Crippen LogP contribution is 2.27. The first kappa shape index (κ1) is 18.1. The maximum absolute atomic E-state index is 13.0. The van der Waals surface area contributed by atoms with Crippen LogP contribution in [0.2, 0.25) is 0 Å². The Hall–Kier alpha value is -1.00. The molecule has 1 rings (SSSR count). The number of nitrogens with zero attached hydrogens (tertiary/aromatic N) is 1. The molecule has 0 saturated carbocycles. The molecule has 1 aromatic rings. The fraction of sp³-hybridized carbons (Fsp3) is 0.706. The molecule has 0 aliphatic carbocycles. The van der Waals surface area contributed by atoms with Crippen LogP contribution in [0.4, 0.5) is 4.39 Å². The predicted molar refractivity (Wildman–Crippen MR) is 84.4 cm³/mol. The van der Waals surface area contributed by atoms with Crippen molar-refractivity contribution < 1.29 is 9.50 Å². The van der Waals surface area contributed by atoms with Crippen LogP contribution in [0.1, 0.15) is 53.3 Å². The van der Waals surface area contributed by atoms with Crippen molar-refractivity contribution in [2.24, 2.45) is 17.3 Å². The second-order valence-electron chi connectivity index (χ2n) is 7.18. The van der Waals surface area contributed by atoms with E-state index in [1.54, 1.807) is 6.07 Å². The van der Waals surface area contributed by atoms with E-state index in [2.05, 4.69) is 38.0 Å². The number of hydrogen-bond acceptors (Lipinski definition) is 3. The van der Waals surface area contributed by atoms with Crippen LogP contribution in [0.5, 0.6) is 0 Å². The minimum atomic E-state index is -0.376. The van der Waals surface area contributed by atoms with Gasteiger partial charge in [-0.2, -0.15) is 0 Å². The van der Waals surface area contributed by atoms with Gasteiger partial charge in [-0.05, 0) is 24.0 Å². The third-order valence-electron chi connectivity index (χ3n) is 3.95. The monoisotopic (exact) mass is 296 g/mol. The molecule has 120 valence electrons. The largest absolute Gasteiger partial charge is 0.392 e. The fourth-order valence-electron chi connectivity index (χ4n) is 2.63. The summed E-state index contributed by atoms with van der Waals surface area (Å²) in [6, 6.07) is 3.20. The molecule has 2 unspecified atom stereocenters. The molecule has 1 heterocycles. The van der Waals surface area contributed by atoms with E-state index in [0.29, 0.717) is 12.5 Å². The van der Waals surface area contributed by atoms with Gasteiger partial charge in [0.25, 0.3) is 0 Å².